The molecule has 0 unspecified atom stereocenters. The van der Waals surface area contributed by atoms with Crippen LogP contribution in [0.3, 0.4) is 0 Å². The van der Waals surface area contributed by atoms with Gasteiger partial charge in [0.25, 0.3) is 0 Å². The van der Waals surface area contributed by atoms with Crippen LogP contribution in [0, 0.1) is 0 Å². The van der Waals surface area contributed by atoms with E-state index in [0.29, 0.717) is 12.0 Å². The number of aliphatic hydroxyl groups is 1. The SMILES string of the molecule is CCCCNc1ncc(-c2ccc(CN3CCN(C)CC3)o2)c(NC2CCC(O)CC2)n1. The average Bonchev–Trinajstić information content (AvgIpc) is 3.25. The highest BCUT2D eigenvalue weighted by atomic mass is 16.3. The Morgan fingerprint density at radius 1 is 1.12 bits per heavy atom. The highest BCUT2D eigenvalue weighted by molar-refractivity contribution is 5.72. The molecule has 0 amide bonds. The summed E-state index contributed by atoms with van der Waals surface area (Å²) >= 11 is 0. The van der Waals surface area contributed by atoms with Crippen LogP contribution in [0.5, 0.6) is 0 Å². The highest BCUT2D eigenvalue weighted by Gasteiger charge is 2.22. The molecule has 0 aromatic carbocycles. The highest BCUT2D eigenvalue weighted by Crippen LogP contribution is 2.31. The Hall–Kier alpha value is -2.16. The Balaban J connectivity index is 1.49. The van der Waals surface area contributed by atoms with Crippen LogP contribution in [-0.4, -0.2) is 76.8 Å². The number of rotatable bonds is 9. The second-order valence-corrected chi connectivity index (χ2v) is 9.23. The molecule has 3 heterocycles. The molecule has 2 aromatic heterocycles. The van der Waals surface area contributed by atoms with Crippen molar-refractivity contribution in [1.82, 2.24) is 19.8 Å². The van der Waals surface area contributed by atoms with Crippen molar-refractivity contribution < 1.29 is 9.52 Å². The van der Waals surface area contributed by atoms with E-state index in [1.165, 1.54) is 0 Å². The van der Waals surface area contributed by atoms with E-state index in [0.717, 1.165) is 101 Å². The molecule has 176 valence electrons. The van der Waals surface area contributed by atoms with Gasteiger partial charge in [-0.25, -0.2) is 4.98 Å². The molecule has 8 nitrogen and oxygen atoms in total. The molecule has 8 heteroatoms. The van der Waals surface area contributed by atoms with E-state index in [1.807, 2.05) is 12.3 Å². The van der Waals surface area contributed by atoms with Gasteiger partial charge in [0.1, 0.15) is 17.3 Å². The van der Waals surface area contributed by atoms with Crippen LogP contribution < -0.4 is 10.6 Å². The molecule has 1 aliphatic carbocycles. The van der Waals surface area contributed by atoms with Crippen LogP contribution >= 0.6 is 0 Å². The van der Waals surface area contributed by atoms with Crippen molar-refractivity contribution in [3.63, 3.8) is 0 Å². The molecule has 0 bridgehead atoms. The molecule has 2 fully saturated rings. The van der Waals surface area contributed by atoms with E-state index in [4.69, 9.17) is 9.40 Å². The molecular formula is C24H38N6O2. The number of aromatic nitrogens is 2. The number of hydrogen-bond donors (Lipinski definition) is 3. The number of aliphatic hydroxyl groups excluding tert-OH is 1. The van der Waals surface area contributed by atoms with Gasteiger partial charge in [0, 0.05) is 45.0 Å². The van der Waals surface area contributed by atoms with Crippen LogP contribution in [0.4, 0.5) is 11.8 Å². The number of nitrogens with zero attached hydrogens (tertiary/aromatic N) is 4. The molecule has 4 rings (SSSR count). The van der Waals surface area contributed by atoms with Crippen molar-refractivity contribution in [1.29, 1.82) is 0 Å². The van der Waals surface area contributed by atoms with Crippen molar-refractivity contribution in [3.8, 4) is 11.3 Å². The molecule has 1 aliphatic heterocycles. The number of anilines is 2. The number of nitrogens with one attached hydrogen (secondary N) is 2. The first-order valence-corrected chi connectivity index (χ1v) is 12.2. The quantitative estimate of drug-likeness (QED) is 0.509. The Kier molecular flexibility index (Phi) is 8.00. The molecule has 0 spiro atoms. The lowest BCUT2D eigenvalue weighted by molar-refractivity contribution is 0.126. The molecule has 0 atom stereocenters. The normalized spacial score (nSPS) is 22.7. The summed E-state index contributed by atoms with van der Waals surface area (Å²) in [4.78, 5) is 14.1. The molecule has 2 aliphatic rings. The zero-order valence-electron chi connectivity index (χ0n) is 19.5. The monoisotopic (exact) mass is 442 g/mol. The smallest absolute Gasteiger partial charge is 0.224 e. The first-order chi connectivity index (χ1) is 15.6. The van der Waals surface area contributed by atoms with E-state index in [2.05, 4.69) is 45.5 Å². The Morgan fingerprint density at radius 2 is 1.91 bits per heavy atom. The topological polar surface area (TPSA) is 89.7 Å². The summed E-state index contributed by atoms with van der Waals surface area (Å²) < 4.78 is 6.25. The lowest BCUT2D eigenvalue weighted by Gasteiger charge is -2.31. The van der Waals surface area contributed by atoms with Crippen molar-refractivity contribution in [3.05, 3.63) is 24.1 Å². The zero-order valence-corrected chi connectivity index (χ0v) is 19.5. The minimum atomic E-state index is -0.175. The third-order valence-corrected chi connectivity index (χ3v) is 6.54. The third-order valence-electron chi connectivity index (χ3n) is 6.54. The maximum Gasteiger partial charge on any atom is 0.224 e. The number of hydrogen-bond acceptors (Lipinski definition) is 8. The van der Waals surface area contributed by atoms with Crippen LogP contribution in [0.25, 0.3) is 11.3 Å². The van der Waals surface area contributed by atoms with Gasteiger partial charge in [-0.1, -0.05) is 13.3 Å². The zero-order chi connectivity index (χ0) is 22.3. The van der Waals surface area contributed by atoms with Gasteiger partial charge in [0.2, 0.25) is 5.95 Å². The van der Waals surface area contributed by atoms with Crippen LogP contribution in [0.1, 0.15) is 51.2 Å². The van der Waals surface area contributed by atoms with Gasteiger partial charge in [0.05, 0.1) is 18.2 Å². The van der Waals surface area contributed by atoms with Crippen LogP contribution in [0.2, 0.25) is 0 Å². The molecule has 32 heavy (non-hydrogen) atoms. The van der Waals surface area contributed by atoms with E-state index >= 15 is 0 Å². The summed E-state index contributed by atoms with van der Waals surface area (Å²) in [6.45, 7) is 8.18. The average molecular weight is 443 g/mol. The minimum Gasteiger partial charge on any atom is -0.460 e. The van der Waals surface area contributed by atoms with Gasteiger partial charge in [-0.3, -0.25) is 4.90 Å². The van der Waals surface area contributed by atoms with Gasteiger partial charge in [-0.15, -0.1) is 0 Å². The number of likely N-dealkylation sites (N-methyl/N-ethyl adjacent to an activating group) is 1. The summed E-state index contributed by atoms with van der Waals surface area (Å²) in [6.07, 6.45) is 7.44. The lowest BCUT2D eigenvalue weighted by Crippen LogP contribution is -2.43. The Bertz CT molecular complexity index is 841. The molecule has 3 N–H and O–H groups in total. The van der Waals surface area contributed by atoms with Crippen LogP contribution in [0.15, 0.2) is 22.7 Å². The fourth-order valence-corrected chi connectivity index (χ4v) is 4.38. The summed E-state index contributed by atoms with van der Waals surface area (Å²) in [5.41, 5.74) is 0.891. The first kappa shape index (κ1) is 23.0. The van der Waals surface area contributed by atoms with Gasteiger partial charge < -0.3 is 25.1 Å². The maximum absolute atomic E-state index is 9.86. The van der Waals surface area contributed by atoms with Gasteiger partial charge in [0.15, 0.2) is 0 Å². The maximum atomic E-state index is 9.86. The van der Waals surface area contributed by atoms with E-state index < -0.39 is 0 Å². The minimum absolute atomic E-state index is 0.175. The fourth-order valence-electron chi connectivity index (χ4n) is 4.38. The van der Waals surface area contributed by atoms with E-state index in [9.17, 15) is 5.11 Å². The van der Waals surface area contributed by atoms with Gasteiger partial charge in [-0.05, 0) is 51.3 Å². The van der Waals surface area contributed by atoms with Gasteiger partial charge >= 0.3 is 0 Å². The summed E-state index contributed by atoms with van der Waals surface area (Å²) in [6, 6.07) is 4.40. The fraction of sp³-hybridized carbons (Fsp3) is 0.667. The second kappa shape index (κ2) is 11.1. The molecule has 1 saturated heterocycles. The van der Waals surface area contributed by atoms with Gasteiger partial charge in [-0.2, -0.15) is 4.98 Å². The first-order valence-electron chi connectivity index (χ1n) is 12.2. The summed E-state index contributed by atoms with van der Waals surface area (Å²) in [7, 11) is 2.17. The van der Waals surface area contributed by atoms with Crippen molar-refractivity contribution >= 4 is 11.8 Å². The molecule has 2 aromatic rings. The second-order valence-electron chi connectivity index (χ2n) is 9.23. The summed E-state index contributed by atoms with van der Waals surface area (Å²) in [5.74, 6) is 3.22. The number of piperazine rings is 1. The number of unbranched alkanes of at least 4 members (excludes halogenated alkanes) is 1. The number of furan rings is 1. The Labute approximate surface area is 191 Å². The Morgan fingerprint density at radius 3 is 2.66 bits per heavy atom. The predicted octanol–water partition coefficient (Wildman–Crippen LogP) is 3.41. The predicted molar refractivity (Wildman–Crippen MR) is 128 cm³/mol. The van der Waals surface area contributed by atoms with Crippen molar-refractivity contribution in [2.45, 2.75) is 64.1 Å². The molecular weight excluding hydrogens is 404 g/mol. The lowest BCUT2D eigenvalue weighted by atomic mass is 9.93. The standard InChI is InChI=1S/C24H38N6O2/c1-3-4-11-25-24-26-16-21(23(28-24)27-18-5-7-19(31)8-6-18)22-10-9-20(32-22)17-30-14-12-29(2)13-15-30/h9-10,16,18-19,31H,3-8,11-15,17H2,1-2H3,(H2,25,26,27,28). The van der Waals surface area contributed by atoms with Crippen LogP contribution in [-0.2, 0) is 6.54 Å². The molecule has 0 radical (unpaired) electrons. The third kappa shape index (κ3) is 6.21. The van der Waals surface area contributed by atoms with Crippen molar-refractivity contribution in [2.24, 2.45) is 0 Å². The van der Waals surface area contributed by atoms with E-state index in [1.54, 1.807) is 0 Å². The van der Waals surface area contributed by atoms with Crippen molar-refractivity contribution in [2.75, 3.05) is 50.4 Å². The summed E-state index contributed by atoms with van der Waals surface area (Å²) in [5, 5.41) is 16.8. The largest absolute Gasteiger partial charge is 0.460 e. The molecule has 1 saturated carbocycles. The van der Waals surface area contributed by atoms with E-state index in [-0.39, 0.29) is 6.10 Å².